The van der Waals surface area contributed by atoms with E-state index in [4.69, 9.17) is 27.9 Å². The molecule has 1 aliphatic heterocycles. The topological polar surface area (TPSA) is 209 Å². The molecule has 2 aromatic carbocycles. The monoisotopic (exact) mass is 940 g/mol. The molecular weight excluding hydrogens is 892 g/mol. The summed E-state index contributed by atoms with van der Waals surface area (Å²) >= 11 is 14.2. The Morgan fingerprint density at radius 2 is 1.75 bits per heavy atom. The molecule has 19 heteroatoms. The number of carbonyl (C=O) groups is 4. The van der Waals surface area contributed by atoms with Crippen LogP contribution in [-0.2, 0) is 32.4 Å². The Kier molecular flexibility index (Phi) is 14.7. The van der Waals surface area contributed by atoms with Gasteiger partial charge in [-0.3, -0.25) is 33.9 Å². The lowest BCUT2D eigenvalue weighted by Crippen LogP contribution is -2.57. The number of nitrogens with zero attached hydrogens (tertiary/aromatic N) is 6. The molecule has 5 N–H and O–H groups in total. The lowest BCUT2D eigenvalue weighted by atomic mass is 9.85. The molecule has 65 heavy (non-hydrogen) atoms. The highest BCUT2D eigenvalue weighted by atomic mass is 35.5. The number of hydrogen-bond acceptors (Lipinski definition) is 11. The van der Waals surface area contributed by atoms with Crippen molar-refractivity contribution >= 4 is 81.2 Å². The number of aromatic nitrogens is 6. The second-order valence-corrected chi connectivity index (χ2v) is 18.6. The van der Waals surface area contributed by atoms with Crippen molar-refractivity contribution in [1.29, 1.82) is 0 Å². The minimum Gasteiger partial charge on any atom is -0.486 e. The number of β-amino-alcohol motifs (C(OH)–C–C–N with tert-alkyl or cyclic N) is 1. The SMILES string of the molecule is Cc1ncsc1-c1ccc(CNC(=O)[C@@H]2C[C@@H](O)CN2C(=O)[C@@H](NC(=O)CCC(=O)NCn2cc(/C=C/c3n[nH]c4ccc(O[C@H](C)c5c(Cl)cncc5Cl)cc34)cn2)C(C)(C)C)cc1. The molecule has 4 amide bonds. The van der Waals surface area contributed by atoms with Crippen molar-refractivity contribution in [3.63, 3.8) is 0 Å². The van der Waals surface area contributed by atoms with E-state index < -0.39 is 47.4 Å². The highest BCUT2D eigenvalue weighted by molar-refractivity contribution is 7.13. The Labute approximate surface area is 389 Å². The van der Waals surface area contributed by atoms with Crippen LogP contribution in [0.15, 0.2) is 72.8 Å². The number of ether oxygens (including phenoxy) is 1. The van der Waals surface area contributed by atoms with Crippen molar-refractivity contribution in [2.45, 2.75) is 91.4 Å². The van der Waals surface area contributed by atoms with E-state index >= 15 is 0 Å². The first-order valence-electron chi connectivity index (χ1n) is 21.0. The van der Waals surface area contributed by atoms with Gasteiger partial charge >= 0.3 is 0 Å². The number of likely N-dealkylation sites (tertiary alicyclic amines) is 1. The number of rotatable bonds is 16. The van der Waals surface area contributed by atoms with E-state index in [-0.39, 0.29) is 44.9 Å². The van der Waals surface area contributed by atoms with E-state index in [9.17, 15) is 24.3 Å². The smallest absolute Gasteiger partial charge is 0.246 e. The molecule has 1 fully saturated rings. The molecule has 1 saturated heterocycles. The molecule has 0 saturated carbocycles. The predicted molar refractivity (Wildman–Crippen MR) is 250 cm³/mol. The van der Waals surface area contributed by atoms with Gasteiger partial charge in [0.05, 0.1) is 49.6 Å². The maximum atomic E-state index is 14.0. The number of aliphatic hydroxyl groups excluding tert-OH is 1. The van der Waals surface area contributed by atoms with Crippen LogP contribution in [0.1, 0.15) is 81.1 Å². The number of benzene rings is 2. The Morgan fingerprint density at radius 3 is 2.46 bits per heavy atom. The molecule has 4 atom stereocenters. The van der Waals surface area contributed by atoms with Gasteiger partial charge in [-0.05, 0) is 60.7 Å². The maximum Gasteiger partial charge on any atom is 0.246 e. The zero-order chi connectivity index (χ0) is 46.4. The van der Waals surface area contributed by atoms with Crippen LogP contribution in [0.3, 0.4) is 0 Å². The van der Waals surface area contributed by atoms with Gasteiger partial charge in [0.1, 0.15) is 30.6 Å². The highest BCUT2D eigenvalue weighted by Gasteiger charge is 2.44. The molecule has 5 heterocycles. The number of hydrogen-bond donors (Lipinski definition) is 5. The van der Waals surface area contributed by atoms with Gasteiger partial charge in [0.25, 0.3) is 0 Å². The van der Waals surface area contributed by atoms with E-state index in [1.165, 1.54) is 17.3 Å². The van der Waals surface area contributed by atoms with E-state index in [1.807, 2.05) is 68.5 Å². The molecule has 0 radical (unpaired) electrons. The van der Waals surface area contributed by atoms with Crippen molar-refractivity contribution in [1.82, 2.24) is 50.8 Å². The van der Waals surface area contributed by atoms with Gasteiger partial charge in [-0.25, -0.2) is 4.98 Å². The highest BCUT2D eigenvalue weighted by Crippen LogP contribution is 2.34. The van der Waals surface area contributed by atoms with Crippen molar-refractivity contribution in [3.8, 4) is 16.2 Å². The normalized spacial score (nSPS) is 16.2. The standard InChI is InChI=1S/C46H50Cl2N10O6S/c1-26-42(65-25-52-26)30-9-6-28(7-10-30)18-50-44(62)38-16-31(59)23-58(38)45(63)43(46(3,4)5)54-40(61)15-14-39(60)51-24-57-22-29(19-53-57)8-12-36-33-17-32(11-13-37(33)56-55-36)64-27(2)41-34(47)20-49-21-35(41)48/h6-13,17,19-22,25,27,31,38,43,59H,14-16,18,23-24H2,1-5H3,(H,50,62)(H,51,60)(H,54,61)(H,55,56)/b12-8+/t27-,31-,38+,43-/m1/s1. The zero-order valence-corrected chi connectivity index (χ0v) is 38.8. The number of nitrogens with one attached hydrogen (secondary N) is 4. The fraction of sp³-hybridized carbons (Fsp3) is 0.348. The van der Waals surface area contributed by atoms with Gasteiger partial charge in [-0.2, -0.15) is 10.2 Å². The molecule has 7 rings (SSSR count). The molecule has 1 aliphatic rings. The number of aromatic amines is 1. The molecular formula is C46H50Cl2N10O6S. The molecule has 0 aliphatic carbocycles. The predicted octanol–water partition coefficient (Wildman–Crippen LogP) is 6.87. The van der Waals surface area contributed by atoms with Crippen LogP contribution in [0.2, 0.25) is 10.0 Å². The molecule has 0 spiro atoms. The number of carbonyl (C=O) groups excluding carboxylic acids is 4. The fourth-order valence-electron chi connectivity index (χ4n) is 7.51. The third-order valence-electron chi connectivity index (χ3n) is 11.0. The van der Waals surface area contributed by atoms with Gasteiger partial charge < -0.3 is 30.7 Å². The van der Waals surface area contributed by atoms with Crippen molar-refractivity contribution in [3.05, 3.63) is 111 Å². The zero-order valence-electron chi connectivity index (χ0n) is 36.5. The number of pyridine rings is 1. The fourth-order valence-corrected chi connectivity index (χ4v) is 9.00. The second kappa shape index (κ2) is 20.4. The first kappa shape index (κ1) is 46.8. The average molecular weight is 942 g/mol. The van der Waals surface area contributed by atoms with Crippen LogP contribution in [0.4, 0.5) is 0 Å². The Balaban J connectivity index is 0.880. The first-order chi connectivity index (χ1) is 31.0. The van der Waals surface area contributed by atoms with Crippen LogP contribution in [0, 0.1) is 12.3 Å². The quantitative estimate of drug-likeness (QED) is 0.0681. The number of halogens is 2. The Bertz CT molecular complexity index is 2690. The largest absolute Gasteiger partial charge is 0.486 e. The van der Waals surface area contributed by atoms with Crippen molar-refractivity contribution in [2.24, 2.45) is 5.41 Å². The number of aryl methyl sites for hydroxylation is 1. The summed E-state index contributed by atoms with van der Waals surface area (Å²) in [5, 5.41) is 32.5. The van der Waals surface area contributed by atoms with Crippen LogP contribution in [0.5, 0.6) is 5.75 Å². The van der Waals surface area contributed by atoms with Crippen molar-refractivity contribution in [2.75, 3.05) is 6.54 Å². The minimum atomic E-state index is -1.02. The van der Waals surface area contributed by atoms with Gasteiger partial charge in [0.2, 0.25) is 23.6 Å². The van der Waals surface area contributed by atoms with E-state index in [1.54, 1.807) is 54.7 Å². The summed E-state index contributed by atoms with van der Waals surface area (Å²) in [7, 11) is 0. The Hall–Kier alpha value is -6.14. The van der Waals surface area contributed by atoms with E-state index in [0.717, 1.165) is 38.2 Å². The van der Waals surface area contributed by atoms with Gasteiger partial charge in [-0.1, -0.05) is 68.2 Å². The molecule has 340 valence electrons. The van der Waals surface area contributed by atoms with Crippen LogP contribution >= 0.6 is 34.5 Å². The summed E-state index contributed by atoms with van der Waals surface area (Å²) in [4.78, 5) is 64.3. The molecule has 0 bridgehead atoms. The first-order valence-corrected chi connectivity index (χ1v) is 22.6. The van der Waals surface area contributed by atoms with Crippen LogP contribution in [-0.4, -0.2) is 88.3 Å². The van der Waals surface area contributed by atoms with Crippen molar-refractivity contribution < 1.29 is 29.0 Å². The third-order valence-corrected chi connectivity index (χ3v) is 12.6. The second-order valence-electron chi connectivity index (χ2n) is 16.9. The number of H-pyrrole nitrogens is 1. The van der Waals surface area contributed by atoms with Crippen LogP contribution < -0.4 is 20.7 Å². The van der Waals surface area contributed by atoms with Gasteiger partial charge in [-0.15, -0.1) is 11.3 Å². The lowest BCUT2D eigenvalue weighted by Gasteiger charge is -2.35. The third kappa shape index (κ3) is 11.6. The maximum absolute atomic E-state index is 14.0. The summed E-state index contributed by atoms with van der Waals surface area (Å²) in [6.07, 6.45) is 8.53. The number of fused-ring (bicyclic) bond motifs is 1. The summed E-state index contributed by atoms with van der Waals surface area (Å²) in [6.45, 7) is 9.47. The summed E-state index contributed by atoms with van der Waals surface area (Å²) in [6, 6.07) is 11.5. The molecule has 16 nitrogen and oxygen atoms in total. The minimum absolute atomic E-state index is 0.0496. The average Bonchev–Trinajstić information content (AvgIpc) is 4.09. The van der Waals surface area contributed by atoms with Gasteiger partial charge in [0, 0.05) is 67.5 Å². The lowest BCUT2D eigenvalue weighted by molar-refractivity contribution is -0.144. The summed E-state index contributed by atoms with van der Waals surface area (Å²) in [5.41, 5.74) is 6.81. The molecule has 4 aromatic heterocycles. The summed E-state index contributed by atoms with van der Waals surface area (Å²) in [5.74, 6) is -1.17. The number of amides is 4. The van der Waals surface area contributed by atoms with E-state index in [2.05, 4.69) is 41.2 Å². The van der Waals surface area contributed by atoms with Crippen LogP contribution in [0.25, 0.3) is 33.5 Å². The molecule has 0 unspecified atom stereocenters. The van der Waals surface area contributed by atoms with Gasteiger partial charge in [0.15, 0.2) is 0 Å². The summed E-state index contributed by atoms with van der Waals surface area (Å²) < 4.78 is 7.72. The number of thiazole rings is 1. The molecule has 6 aromatic rings. The van der Waals surface area contributed by atoms with E-state index in [0.29, 0.717) is 27.1 Å². The Morgan fingerprint density at radius 1 is 1.02 bits per heavy atom. The number of aliphatic hydroxyl groups is 1.